The Balaban J connectivity index is 1.75. The Kier molecular flexibility index (Phi) is 4.77. The first-order valence-electron chi connectivity index (χ1n) is 8.12. The van der Waals surface area contributed by atoms with Gasteiger partial charge in [0.15, 0.2) is 0 Å². The number of thiophene rings is 1. The van der Waals surface area contributed by atoms with Crippen LogP contribution < -0.4 is 5.32 Å². The molecule has 1 aliphatic carbocycles. The molecule has 1 nitrogen and oxygen atoms in total. The molecule has 112 valence electrons. The second-order valence-corrected chi connectivity index (χ2v) is 7.41. The molecular weight excluding hydrogens is 274 g/mol. The van der Waals surface area contributed by atoms with Gasteiger partial charge in [0.1, 0.15) is 0 Å². The summed E-state index contributed by atoms with van der Waals surface area (Å²) in [5.74, 6) is 0.593. The van der Waals surface area contributed by atoms with E-state index in [2.05, 4.69) is 55.6 Å². The van der Waals surface area contributed by atoms with E-state index >= 15 is 0 Å². The highest BCUT2D eigenvalue weighted by Gasteiger charge is 2.23. The maximum absolute atomic E-state index is 3.73. The fraction of sp³-hybridized carbons (Fsp3) is 0.474. The van der Waals surface area contributed by atoms with Crippen molar-refractivity contribution in [3.63, 3.8) is 0 Å². The van der Waals surface area contributed by atoms with Crippen LogP contribution in [0.1, 0.15) is 46.6 Å². The summed E-state index contributed by atoms with van der Waals surface area (Å²) in [4.78, 5) is 3.03. The third-order valence-corrected chi connectivity index (χ3v) is 5.62. The van der Waals surface area contributed by atoms with E-state index in [4.69, 9.17) is 0 Å². The Labute approximate surface area is 132 Å². The molecule has 1 unspecified atom stereocenters. The van der Waals surface area contributed by atoms with Gasteiger partial charge in [-0.1, -0.05) is 31.2 Å². The molecule has 2 aromatic rings. The van der Waals surface area contributed by atoms with Crippen LogP contribution in [-0.4, -0.2) is 12.6 Å². The molecule has 0 amide bonds. The van der Waals surface area contributed by atoms with Gasteiger partial charge in [-0.3, -0.25) is 0 Å². The summed E-state index contributed by atoms with van der Waals surface area (Å²) in [6.07, 6.45) is 5.04. The van der Waals surface area contributed by atoms with Crippen molar-refractivity contribution < 1.29 is 0 Å². The highest BCUT2D eigenvalue weighted by atomic mass is 32.1. The van der Waals surface area contributed by atoms with Crippen LogP contribution in [0.2, 0.25) is 0 Å². The standard InChI is InChI=1S/C19H25NS/c1-3-17-10-11-18(21-17)12-15(13-20-16-8-9-16)19-7-5-4-6-14(19)2/h4-7,10-11,15-16,20H,3,8-9,12-13H2,1-2H3. The molecule has 0 spiro atoms. The lowest BCUT2D eigenvalue weighted by Gasteiger charge is -2.19. The predicted octanol–water partition coefficient (Wildman–Crippen LogP) is 4.70. The van der Waals surface area contributed by atoms with E-state index in [0.717, 1.165) is 25.4 Å². The zero-order valence-corrected chi connectivity index (χ0v) is 13.9. The van der Waals surface area contributed by atoms with E-state index in [9.17, 15) is 0 Å². The van der Waals surface area contributed by atoms with Crippen molar-refractivity contribution in [2.24, 2.45) is 0 Å². The van der Waals surface area contributed by atoms with E-state index in [1.165, 1.54) is 33.7 Å². The second kappa shape index (κ2) is 6.76. The highest BCUT2D eigenvalue weighted by molar-refractivity contribution is 7.11. The summed E-state index contributed by atoms with van der Waals surface area (Å²) in [5, 5.41) is 3.73. The monoisotopic (exact) mass is 299 g/mol. The zero-order chi connectivity index (χ0) is 14.7. The molecule has 1 aromatic heterocycles. The molecule has 0 radical (unpaired) electrons. The Bertz CT molecular complexity index is 583. The molecule has 3 rings (SSSR count). The van der Waals surface area contributed by atoms with Crippen molar-refractivity contribution in [2.75, 3.05) is 6.54 Å². The lowest BCUT2D eigenvalue weighted by Crippen LogP contribution is -2.25. The minimum absolute atomic E-state index is 0.593. The van der Waals surface area contributed by atoms with Gasteiger partial charge in [-0.05, 0) is 55.9 Å². The van der Waals surface area contributed by atoms with Gasteiger partial charge in [-0.15, -0.1) is 11.3 Å². The van der Waals surface area contributed by atoms with Crippen LogP contribution in [0.5, 0.6) is 0 Å². The van der Waals surface area contributed by atoms with Crippen molar-refractivity contribution in [1.82, 2.24) is 5.32 Å². The van der Waals surface area contributed by atoms with Crippen LogP contribution in [0.4, 0.5) is 0 Å². The van der Waals surface area contributed by atoms with Crippen molar-refractivity contribution in [3.8, 4) is 0 Å². The number of aryl methyl sites for hydroxylation is 2. The van der Waals surface area contributed by atoms with Crippen molar-refractivity contribution in [2.45, 2.75) is 51.5 Å². The van der Waals surface area contributed by atoms with Gasteiger partial charge in [0.25, 0.3) is 0 Å². The lowest BCUT2D eigenvalue weighted by atomic mass is 9.91. The molecule has 1 atom stereocenters. The van der Waals surface area contributed by atoms with E-state index < -0.39 is 0 Å². The van der Waals surface area contributed by atoms with Gasteiger partial charge >= 0.3 is 0 Å². The molecule has 0 saturated heterocycles. The molecule has 21 heavy (non-hydrogen) atoms. The summed E-state index contributed by atoms with van der Waals surface area (Å²) in [6, 6.07) is 14.3. The summed E-state index contributed by atoms with van der Waals surface area (Å²) >= 11 is 1.98. The fourth-order valence-electron chi connectivity index (χ4n) is 2.90. The van der Waals surface area contributed by atoms with Gasteiger partial charge in [0.05, 0.1) is 0 Å². The van der Waals surface area contributed by atoms with Crippen molar-refractivity contribution >= 4 is 11.3 Å². The summed E-state index contributed by atoms with van der Waals surface area (Å²) < 4.78 is 0. The average Bonchev–Trinajstić information content (AvgIpc) is 3.22. The topological polar surface area (TPSA) is 12.0 Å². The number of rotatable bonds is 7. The molecule has 1 heterocycles. The average molecular weight is 299 g/mol. The lowest BCUT2D eigenvalue weighted by molar-refractivity contribution is 0.578. The van der Waals surface area contributed by atoms with Gasteiger partial charge in [-0.2, -0.15) is 0 Å². The van der Waals surface area contributed by atoms with E-state index in [-0.39, 0.29) is 0 Å². The second-order valence-electron chi connectivity index (χ2n) is 6.16. The molecule has 0 bridgehead atoms. The first-order chi connectivity index (χ1) is 10.3. The Morgan fingerprint density at radius 1 is 1.14 bits per heavy atom. The molecule has 2 heteroatoms. The Morgan fingerprint density at radius 2 is 1.90 bits per heavy atom. The Morgan fingerprint density at radius 3 is 2.57 bits per heavy atom. The third-order valence-electron chi connectivity index (χ3n) is 4.37. The molecule has 0 aliphatic heterocycles. The SMILES string of the molecule is CCc1ccc(CC(CNC2CC2)c2ccccc2C)s1. The summed E-state index contributed by atoms with van der Waals surface area (Å²) in [5.41, 5.74) is 2.93. The first kappa shape index (κ1) is 14.8. The van der Waals surface area contributed by atoms with E-state index in [0.29, 0.717) is 5.92 Å². The van der Waals surface area contributed by atoms with E-state index in [1.807, 2.05) is 11.3 Å². The smallest absolute Gasteiger partial charge is 0.00684 e. The van der Waals surface area contributed by atoms with Gasteiger partial charge in [0, 0.05) is 28.3 Å². The first-order valence-corrected chi connectivity index (χ1v) is 8.94. The van der Waals surface area contributed by atoms with Crippen LogP contribution >= 0.6 is 11.3 Å². The molecule has 1 fully saturated rings. The third kappa shape index (κ3) is 3.96. The van der Waals surface area contributed by atoms with E-state index in [1.54, 1.807) is 0 Å². The molecular formula is C19H25NS. The number of hydrogen-bond acceptors (Lipinski definition) is 2. The molecule has 1 saturated carbocycles. The van der Waals surface area contributed by atoms with Crippen molar-refractivity contribution in [1.29, 1.82) is 0 Å². The quantitative estimate of drug-likeness (QED) is 0.781. The normalized spacial score (nSPS) is 16.1. The largest absolute Gasteiger partial charge is 0.313 e. The molecule has 1 aromatic carbocycles. The fourth-order valence-corrected chi connectivity index (χ4v) is 3.94. The van der Waals surface area contributed by atoms with Crippen LogP contribution in [0.25, 0.3) is 0 Å². The summed E-state index contributed by atoms with van der Waals surface area (Å²) in [6.45, 7) is 5.59. The van der Waals surface area contributed by atoms with Gasteiger partial charge in [-0.25, -0.2) is 0 Å². The Hall–Kier alpha value is -1.12. The van der Waals surface area contributed by atoms with Crippen LogP contribution in [0.15, 0.2) is 36.4 Å². The predicted molar refractivity (Wildman–Crippen MR) is 92.3 cm³/mol. The zero-order valence-electron chi connectivity index (χ0n) is 13.1. The number of nitrogens with one attached hydrogen (secondary N) is 1. The van der Waals surface area contributed by atoms with Gasteiger partial charge < -0.3 is 5.32 Å². The number of hydrogen-bond donors (Lipinski definition) is 1. The highest BCUT2D eigenvalue weighted by Crippen LogP contribution is 2.28. The van der Waals surface area contributed by atoms with Crippen LogP contribution in [0, 0.1) is 6.92 Å². The summed E-state index contributed by atoms with van der Waals surface area (Å²) in [7, 11) is 0. The minimum Gasteiger partial charge on any atom is -0.313 e. The minimum atomic E-state index is 0.593. The van der Waals surface area contributed by atoms with Crippen LogP contribution in [-0.2, 0) is 12.8 Å². The van der Waals surface area contributed by atoms with Crippen molar-refractivity contribution in [3.05, 3.63) is 57.3 Å². The van der Waals surface area contributed by atoms with Gasteiger partial charge in [0.2, 0.25) is 0 Å². The number of benzene rings is 1. The maximum atomic E-state index is 3.73. The maximum Gasteiger partial charge on any atom is 0.00684 e. The van der Waals surface area contributed by atoms with Crippen LogP contribution in [0.3, 0.4) is 0 Å². The molecule has 1 aliphatic rings. The molecule has 1 N–H and O–H groups in total.